The van der Waals surface area contributed by atoms with E-state index in [4.69, 9.17) is 4.52 Å². The molecule has 1 N–H and O–H groups in total. The molecule has 0 saturated heterocycles. The summed E-state index contributed by atoms with van der Waals surface area (Å²) in [6.45, 7) is 3.45. The molecule has 0 bridgehead atoms. The molecule has 3 rings (SSSR count). The maximum Gasteiger partial charge on any atom is 0.245 e. The SMILES string of the molecule is Cc1noc(C)c1S(=O)(=O)NCC1(c2ccc(F)cc2)CC1. The quantitative estimate of drug-likeness (QED) is 0.917. The molecule has 1 aliphatic carbocycles. The average molecular weight is 324 g/mol. The Bertz CT molecular complexity index is 773. The maximum absolute atomic E-state index is 13.0. The molecule has 1 heterocycles. The van der Waals surface area contributed by atoms with E-state index in [1.54, 1.807) is 26.0 Å². The van der Waals surface area contributed by atoms with Crippen LogP contribution in [0.5, 0.6) is 0 Å². The van der Waals surface area contributed by atoms with E-state index in [1.807, 2.05) is 0 Å². The van der Waals surface area contributed by atoms with E-state index in [2.05, 4.69) is 9.88 Å². The topological polar surface area (TPSA) is 72.2 Å². The molecule has 1 saturated carbocycles. The van der Waals surface area contributed by atoms with Gasteiger partial charge in [-0.2, -0.15) is 0 Å². The van der Waals surface area contributed by atoms with Crippen LogP contribution in [0.2, 0.25) is 0 Å². The monoisotopic (exact) mass is 324 g/mol. The van der Waals surface area contributed by atoms with Crippen LogP contribution in [-0.4, -0.2) is 20.1 Å². The zero-order valence-corrected chi connectivity index (χ0v) is 13.2. The number of nitrogens with zero attached hydrogens (tertiary/aromatic N) is 1. The zero-order valence-electron chi connectivity index (χ0n) is 12.4. The van der Waals surface area contributed by atoms with E-state index in [0.29, 0.717) is 5.69 Å². The van der Waals surface area contributed by atoms with Gasteiger partial charge in [0.05, 0.1) is 0 Å². The molecule has 0 unspecified atom stereocenters. The van der Waals surface area contributed by atoms with Crippen molar-refractivity contribution in [2.75, 3.05) is 6.54 Å². The van der Waals surface area contributed by atoms with Crippen LogP contribution in [0, 0.1) is 19.7 Å². The number of rotatable bonds is 5. The molecule has 0 radical (unpaired) electrons. The first-order valence-corrected chi connectivity index (χ1v) is 8.51. The van der Waals surface area contributed by atoms with Crippen LogP contribution in [0.25, 0.3) is 0 Å². The van der Waals surface area contributed by atoms with Crippen LogP contribution in [0.1, 0.15) is 29.9 Å². The summed E-state index contributed by atoms with van der Waals surface area (Å²) in [5, 5.41) is 3.67. The molecule has 0 amide bonds. The fraction of sp³-hybridized carbons (Fsp3) is 0.400. The van der Waals surface area contributed by atoms with Crippen LogP contribution >= 0.6 is 0 Å². The number of halogens is 1. The van der Waals surface area contributed by atoms with Crippen LogP contribution in [0.4, 0.5) is 4.39 Å². The maximum atomic E-state index is 13.0. The summed E-state index contributed by atoms with van der Waals surface area (Å²) in [6, 6.07) is 6.23. The van der Waals surface area contributed by atoms with Gasteiger partial charge in [-0.15, -0.1) is 0 Å². The standard InChI is InChI=1S/C15H17FN2O3S/c1-10-14(11(2)21-18-10)22(19,20)17-9-15(7-8-15)12-3-5-13(16)6-4-12/h3-6,17H,7-9H2,1-2H3. The number of nitrogens with one attached hydrogen (secondary N) is 1. The van der Waals surface area contributed by atoms with Crippen LogP contribution in [0.15, 0.2) is 33.7 Å². The zero-order chi connectivity index (χ0) is 16.0. The predicted molar refractivity (Wildman–Crippen MR) is 78.5 cm³/mol. The molecule has 1 aliphatic rings. The van der Waals surface area contributed by atoms with Crippen LogP contribution in [0.3, 0.4) is 0 Å². The Morgan fingerprint density at radius 1 is 1.27 bits per heavy atom. The van der Waals surface area contributed by atoms with Gasteiger partial charge in [0.2, 0.25) is 10.0 Å². The minimum atomic E-state index is -3.67. The van der Waals surface area contributed by atoms with Crippen molar-refractivity contribution < 1.29 is 17.3 Å². The van der Waals surface area contributed by atoms with Crippen LogP contribution < -0.4 is 4.72 Å². The van der Waals surface area contributed by atoms with E-state index < -0.39 is 10.0 Å². The van der Waals surface area contributed by atoms with Gasteiger partial charge in [0.1, 0.15) is 16.4 Å². The highest BCUT2D eigenvalue weighted by Gasteiger charge is 2.45. The fourth-order valence-corrected chi connectivity index (χ4v) is 4.14. The van der Waals surface area contributed by atoms with E-state index in [0.717, 1.165) is 18.4 Å². The lowest BCUT2D eigenvalue weighted by Gasteiger charge is -2.16. The Hall–Kier alpha value is -1.73. The van der Waals surface area contributed by atoms with Gasteiger partial charge in [-0.1, -0.05) is 17.3 Å². The molecule has 0 spiro atoms. The molecule has 0 aliphatic heterocycles. The minimum absolute atomic E-state index is 0.0995. The molecule has 118 valence electrons. The summed E-state index contributed by atoms with van der Waals surface area (Å²) >= 11 is 0. The molecular weight excluding hydrogens is 307 g/mol. The lowest BCUT2D eigenvalue weighted by molar-refractivity contribution is 0.390. The molecule has 7 heteroatoms. The fourth-order valence-electron chi connectivity index (χ4n) is 2.69. The first-order chi connectivity index (χ1) is 10.3. The highest BCUT2D eigenvalue weighted by molar-refractivity contribution is 7.89. The Labute approximate surface area is 128 Å². The van der Waals surface area contributed by atoms with Gasteiger partial charge in [0.15, 0.2) is 5.76 Å². The van der Waals surface area contributed by atoms with Gasteiger partial charge in [0.25, 0.3) is 0 Å². The van der Waals surface area contributed by atoms with Crippen molar-refractivity contribution in [1.29, 1.82) is 0 Å². The summed E-state index contributed by atoms with van der Waals surface area (Å²) in [6.07, 6.45) is 1.76. The van der Waals surface area contributed by atoms with Gasteiger partial charge in [-0.05, 0) is 44.4 Å². The summed E-state index contributed by atoms with van der Waals surface area (Å²) in [5.74, 6) is -0.0209. The van der Waals surface area contributed by atoms with Crippen molar-refractivity contribution in [3.63, 3.8) is 0 Å². The molecule has 22 heavy (non-hydrogen) atoms. The molecule has 5 nitrogen and oxygen atoms in total. The van der Waals surface area contributed by atoms with Gasteiger partial charge < -0.3 is 4.52 Å². The molecule has 1 aromatic carbocycles. The normalized spacial score (nSPS) is 16.7. The van der Waals surface area contributed by atoms with Crippen molar-refractivity contribution in [1.82, 2.24) is 9.88 Å². The largest absolute Gasteiger partial charge is 0.360 e. The average Bonchev–Trinajstić information content (AvgIpc) is 3.18. The van der Waals surface area contributed by atoms with E-state index in [-0.39, 0.29) is 28.4 Å². The van der Waals surface area contributed by atoms with Gasteiger partial charge in [-0.3, -0.25) is 0 Å². The smallest absolute Gasteiger partial charge is 0.245 e. The molecule has 2 aromatic rings. The number of benzene rings is 1. The van der Waals surface area contributed by atoms with E-state index >= 15 is 0 Å². The molecule has 1 aromatic heterocycles. The Morgan fingerprint density at radius 2 is 1.91 bits per heavy atom. The third kappa shape index (κ3) is 2.66. The lowest BCUT2D eigenvalue weighted by Crippen LogP contribution is -2.32. The van der Waals surface area contributed by atoms with E-state index in [9.17, 15) is 12.8 Å². The third-order valence-corrected chi connectivity index (χ3v) is 5.79. The molecule has 1 fully saturated rings. The second kappa shape index (κ2) is 5.17. The number of aromatic nitrogens is 1. The lowest BCUT2D eigenvalue weighted by atomic mass is 9.96. The summed E-state index contributed by atoms with van der Waals surface area (Å²) in [4.78, 5) is 0.0995. The molecule has 0 atom stereocenters. The molecular formula is C15H17FN2O3S. The Balaban J connectivity index is 1.79. The van der Waals surface area contributed by atoms with Crippen LogP contribution in [-0.2, 0) is 15.4 Å². The highest BCUT2D eigenvalue weighted by atomic mass is 32.2. The Kier molecular flexibility index (Phi) is 3.57. The van der Waals surface area contributed by atoms with Crippen molar-refractivity contribution >= 4 is 10.0 Å². The highest BCUT2D eigenvalue weighted by Crippen LogP contribution is 2.47. The summed E-state index contributed by atoms with van der Waals surface area (Å²) in [7, 11) is -3.67. The van der Waals surface area contributed by atoms with Gasteiger partial charge >= 0.3 is 0 Å². The van der Waals surface area contributed by atoms with Gasteiger partial charge in [-0.25, -0.2) is 17.5 Å². The van der Waals surface area contributed by atoms with Crippen molar-refractivity contribution in [2.24, 2.45) is 0 Å². The first kappa shape index (κ1) is 15.2. The second-order valence-corrected chi connectivity index (χ2v) is 7.47. The second-order valence-electron chi connectivity index (χ2n) is 5.77. The number of aryl methyl sites for hydroxylation is 2. The van der Waals surface area contributed by atoms with Gasteiger partial charge in [0, 0.05) is 12.0 Å². The summed E-state index contributed by atoms with van der Waals surface area (Å²) in [5.41, 5.74) is 1.06. The first-order valence-electron chi connectivity index (χ1n) is 7.03. The van der Waals surface area contributed by atoms with Crippen molar-refractivity contribution in [3.05, 3.63) is 47.1 Å². The Morgan fingerprint density at radius 3 is 2.41 bits per heavy atom. The minimum Gasteiger partial charge on any atom is -0.360 e. The number of sulfonamides is 1. The van der Waals surface area contributed by atoms with Crippen molar-refractivity contribution in [3.8, 4) is 0 Å². The summed E-state index contributed by atoms with van der Waals surface area (Å²) < 4.78 is 45.4. The number of hydrogen-bond donors (Lipinski definition) is 1. The predicted octanol–water partition coefficient (Wildman–Crippen LogP) is 2.44. The van der Waals surface area contributed by atoms with E-state index in [1.165, 1.54) is 12.1 Å². The third-order valence-electron chi connectivity index (χ3n) is 4.15. The van der Waals surface area contributed by atoms with Crippen molar-refractivity contribution in [2.45, 2.75) is 37.0 Å². The number of hydrogen-bond acceptors (Lipinski definition) is 4.